The van der Waals surface area contributed by atoms with Crippen molar-refractivity contribution in [2.45, 2.75) is 51.5 Å². The zero-order chi connectivity index (χ0) is 20.5. The first kappa shape index (κ1) is 20.1. The molecule has 0 aromatic heterocycles. The van der Waals surface area contributed by atoms with E-state index in [0.717, 1.165) is 11.1 Å². The summed E-state index contributed by atoms with van der Waals surface area (Å²) in [5, 5.41) is 10.1. The lowest BCUT2D eigenvalue weighted by Gasteiger charge is -2.51. The van der Waals surface area contributed by atoms with Crippen LogP contribution in [-0.2, 0) is 14.3 Å². The first-order chi connectivity index (χ1) is 13.2. The summed E-state index contributed by atoms with van der Waals surface area (Å²) in [4.78, 5) is 27.5. The zero-order valence-corrected chi connectivity index (χ0v) is 16.7. The first-order valence-corrected chi connectivity index (χ1v) is 9.53. The highest BCUT2D eigenvalue weighted by Crippen LogP contribution is 2.41. The molecule has 1 aliphatic heterocycles. The third kappa shape index (κ3) is 3.94. The molecule has 1 aliphatic rings. The highest BCUT2D eigenvalue weighted by Gasteiger charge is 2.57. The van der Waals surface area contributed by atoms with E-state index in [1.54, 1.807) is 25.7 Å². The van der Waals surface area contributed by atoms with Crippen molar-refractivity contribution in [1.82, 2.24) is 4.90 Å². The lowest BCUT2D eigenvalue weighted by molar-refractivity contribution is -0.189. The molecule has 5 nitrogen and oxygen atoms in total. The maximum atomic E-state index is 13.0. The van der Waals surface area contributed by atoms with Crippen LogP contribution in [0.1, 0.15) is 44.9 Å². The van der Waals surface area contributed by atoms with E-state index in [9.17, 15) is 14.7 Å². The second-order valence-corrected chi connectivity index (χ2v) is 8.21. The summed E-state index contributed by atoms with van der Waals surface area (Å²) in [5.74, 6) is -1.54. The standard InChI is InChI=1S/C23H27NO4/c1-15(25)18-20(22(27)28-23(2,3)4)24(21(18)26)19(16-11-7-5-8-12-16)17-13-9-6-10-14-17/h5-15,18-20,25H,1-4H3/t15-,18-,20+/m1/s1. The molecule has 0 spiro atoms. The fourth-order valence-corrected chi connectivity index (χ4v) is 3.70. The van der Waals surface area contributed by atoms with Gasteiger partial charge in [-0.25, -0.2) is 4.79 Å². The van der Waals surface area contributed by atoms with Crippen molar-refractivity contribution in [1.29, 1.82) is 0 Å². The van der Waals surface area contributed by atoms with Gasteiger partial charge in [-0.3, -0.25) is 4.79 Å². The predicted molar refractivity (Wildman–Crippen MR) is 106 cm³/mol. The minimum Gasteiger partial charge on any atom is -0.458 e. The lowest BCUT2D eigenvalue weighted by atomic mass is 9.79. The second-order valence-electron chi connectivity index (χ2n) is 8.21. The Balaban J connectivity index is 2.04. The van der Waals surface area contributed by atoms with Crippen molar-refractivity contribution in [3.8, 4) is 0 Å². The molecular formula is C23H27NO4. The largest absolute Gasteiger partial charge is 0.458 e. The zero-order valence-electron chi connectivity index (χ0n) is 16.7. The second kappa shape index (κ2) is 7.76. The lowest BCUT2D eigenvalue weighted by Crippen LogP contribution is -2.68. The molecule has 1 amide bonds. The number of amides is 1. The van der Waals surface area contributed by atoms with E-state index in [4.69, 9.17) is 4.74 Å². The fraction of sp³-hybridized carbons (Fsp3) is 0.391. The van der Waals surface area contributed by atoms with Crippen LogP contribution in [0.5, 0.6) is 0 Å². The van der Waals surface area contributed by atoms with E-state index in [2.05, 4.69) is 0 Å². The summed E-state index contributed by atoms with van der Waals surface area (Å²) in [6.45, 7) is 6.91. The van der Waals surface area contributed by atoms with Gasteiger partial charge < -0.3 is 14.7 Å². The maximum Gasteiger partial charge on any atom is 0.330 e. The van der Waals surface area contributed by atoms with Crippen molar-refractivity contribution < 1.29 is 19.4 Å². The van der Waals surface area contributed by atoms with Crippen LogP contribution in [-0.4, -0.2) is 39.6 Å². The number of hydrogen-bond acceptors (Lipinski definition) is 4. The molecule has 28 heavy (non-hydrogen) atoms. The van der Waals surface area contributed by atoms with E-state index < -0.39 is 35.7 Å². The quantitative estimate of drug-likeness (QED) is 0.637. The molecule has 0 aliphatic carbocycles. The van der Waals surface area contributed by atoms with Gasteiger partial charge in [-0.2, -0.15) is 0 Å². The van der Waals surface area contributed by atoms with Crippen molar-refractivity contribution in [3.63, 3.8) is 0 Å². The van der Waals surface area contributed by atoms with Gasteiger partial charge in [0, 0.05) is 0 Å². The van der Waals surface area contributed by atoms with Gasteiger partial charge in [0.2, 0.25) is 5.91 Å². The average molecular weight is 381 g/mol. The van der Waals surface area contributed by atoms with Crippen LogP contribution >= 0.6 is 0 Å². The number of benzene rings is 2. The molecule has 1 saturated heterocycles. The molecule has 2 aromatic carbocycles. The van der Waals surface area contributed by atoms with Gasteiger partial charge in [-0.05, 0) is 38.8 Å². The van der Waals surface area contributed by atoms with E-state index in [0.29, 0.717) is 0 Å². The number of ether oxygens (including phenoxy) is 1. The van der Waals surface area contributed by atoms with Gasteiger partial charge in [0.15, 0.2) is 0 Å². The normalized spacial score (nSPS) is 20.6. The number of rotatable bonds is 5. The maximum absolute atomic E-state index is 13.0. The number of aliphatic hydroxyl groups excluding tert-OH is 1. The fourth-order valence-electron chi connectivity index (χ4n) is 3.70. The van der Waals surface area contributed by atoms with Crippen LogP contribution in [0.4, 0.5) is 0 Å². The van der Waals surface area contributed by atoms with Crippen molar-refractivity contribution in [3.05, 3.63) is 71.8 Å². The van der Waals surface area contributed by atoms with Crippen LogP contribution in [0.2, 0.25) is 0 Å². The van der Waals surface area contributed by atoms with Crippen molar-refractivity contribution in [2.24, 2.45) is 5.92 Å². The van der Waals surface area contributed by atoms with Gasteiger partial charge in [0.25, 0.3) is 0 Å². The molecule has 0 saturated carbocycles. The third-order valence-corrected chi connectivity index (χ3v) is 4.86. The summed E-state index contributed by atoms with van der Waals surface area (Å²) in [5.41, 5.74) is 1.12. The van der Waals surface area contributed by atoms with Gasteiger partial charge in [0.1, 0.15) is 11.6 Å². The number of likely N-dealkylation sites (tertiary alicyclic amines) is 1. The third-order valence-electron chi connectivity index (χ3n) is 4.86. The average Bonchev–Trinajstić information content (AvgIpc) is 2.63. The molecular weight excluding hydrogens is 354 g/mol. The van der Waals surface area contributed by atoms with Crippen LogP contribution in [0.15, 0.2) is 60.7 Å². The molecule has 0 unspecified atom stereocenters. The Hall–Kier alpha value is -2.66. The molecule has 1 N–H and O–H groups in total. The Morgan fingerprint density at radius 3 is 1.86 bits per heavy atom. The Morgan fingerprint density at radius 1 is 1.00 bits per heavy atom. The Kier molecular flexibility index (Phi) is 5.57. The van der Waals surface area contributed by atoms with Gasteiger partial charge in [0.05, 0.1) is 18.1 Å². The highest BCUT2D eigenvalue weighted by atomic mass is 16.6. The molecule has 3 rings (SSSR count). The number of esters is 1. The monoisotopic (exact) mass is 381 g/mol. The predicted octanol–water partition coefficient (Wildman–Crippen LogP) is 3.33. The molecule has 5 heteroatoms. The number of carbonyl (C=O) groups is 2. The van der Waals surface area contributed by atoms with Crippen molar-refractivity contribution in [2.75, 3.05) is 0 Å². The number of aliphatic hydroxyl groups is 1. The van der Waals surface area contributed by atoms with Crippen LogP contribution < -0.4 is 0 Å². The topological polar surface area (TPSA) is 66.8 Å². The molecule has 2 aromatic rings. The number of carbonyl (C=O) groups excluding carboxylic acids is 2. The summed E-state index contributed by atoms with van der Waals surface area (Å²) in [7, 11) is 0. The summed E-state index contributed by atoms with van der Waals surface area (Å²) in [6.07, 6.45) is -0.937. The number of hydrogen-bond donors (Lipinski definition) is 1. The first-order valence-electron chi connectivity index (χ1n) is 9.53. The van der Waals surface area contributed by atoms with Crippen LogP contribution in [0, 0.1) is 5.92 Å². The summed E-state index contributed by atoms with van der Waals surface area (Å²) < 4.78 is 5.58. The Morgan fingerprint density at radius 2 is 1.46 bits per heavy atom. The number of β-lactam (4-membered cyclic amide) rings is 1. The van der Waals surface area contributed by atoms with E-state index >= 15 is 0 Å². The highest BCUT2D eigenvalue weighted by molar-refractivity contribution is 5.98. The van der Waals surface area contributed by atoms with Crippen LogP contribution in [0.3, 0.4) is 0 Å². The summed E-state index contributed by atoms with van der Waals surface area (Å²) in [6, 6.07) is 17.9. The Bertz CT molecular complexity index is 787. The molecule has 0 radical (unpaired) electrons. The summed E-state index contributed by atoms with van der Waals surface area (Å²) >= 11 is 0. The smallest absolute Gasteiger partial charge is 0.330 e. The SMILES string of the molecule is C[C@@H](O)[C@H]1C(=O)N(C(c2ccccc2)c2ccccc2)[C@@H]1C(=O)OC(C)(C)C. The van der Waals surface area contributed by atoms with Gasteiger partial charge in [-0.1, -0.05) is 60.7 Å². The minimum atomic E-state index is -0.937. The van der Waals surface area contributed by atoms with Gasteiger partial charge >= 0.3 is 5.97 Å². The molecule has 148 valence electrons. The van der Waals surface area contributed by atoms with E-state index in [1.807, 2.05) is 60.7 Å². The van der Waals surface area contributed by atoms with Crippen molar-refractivity contribution >= 4 is 11.9 Å². The molecule has 3 atom stereocenters. The molecule has 1 heterocycles. The van der Waals surface area contributed by atoms with E-state index in [1.165, 1.54) is 6.92 Å². The van der Waals surface area contributed by atoms with E-state index in [-0.39, 0.29) is 5.91 Å². The Labute approximate surface area is 165 Å². The number of nitrogens with zero attached hydrogens (tertiary/aromatic N) is 1. The minimum absolute atomic E-state index is 0.247. The van der Waals surface area contributed by atoms with Crippen LogP contribution in [0.25, 0.3) is 0 Å². The molecule has 1 fully saturated rings. The van der Waals surface area contributed by atoms with Gasteiger partial charge in [-0.15, -0.1) is 0 Å². The molecule has 0 bridgehead atoms.